The van der Waals surface area contributed by atoms with E-state index >= 15 is 0 Å². The van der Waals surface area contributed by atoms with Gasteiger partial charge in [-0.2, -0.15) is 0 Å². The second-order valence-electron chi connectivity index (χ2n) is 4.25. The maximum absolute atomic E-state index is 11.6. The summed E-state index contributed by atoms with van der Waals surface area (Å²) in [6, 6.07) is 0. The summed E-state index contributed by atoms with van der Waals surface area (Å²) < 4.78 is 27.4. The Bertz CT molecular complexity index is 459. The summed E-state index contributed by atoms with van der Waals surface area (Å²) in [5.74, 6) is -1.49. The van der Waals surface area contributed by atoms with E-state index in [-0.39, 0.29) is 4.91 Å². The number of allylic oxidation sites excluding steroid dienone is 3. The van der Waals surface area contributed by atoms with E-state index in [0.29, 0.717) is 0 Å². The first-order valence-corrected chi connectivity index (χ1v) is 6.25. The molecule has 0 aromatic carbocycles. The third-order valence-electron chi connectivity index (χ3n) is 2.58. The van der Waals surface area contributed by atoms with E-state index in [4.69, 9.17) is 5.14 Å². The Kier molecular flexibility index (Phi) is 3.25. The van der Waals surface area contributed by atoms with E-state index in [2.05, 4.69) is 4.74 Å². The van der Waals surface area contributed by atoms with Gasteiger partial charge in [0, 0.05) is 5.41 Å². The SMILES string of the molecule is COC(=O)C1C(S(N)(=O)=O)=CC=CC1(C)C. The molecule has 0 spiro atoms. The fourth-order valence-corrected chi connectivity index (χ4v) is 2.74. The number of sulfonamides is 1. The molecule has 0 saturated carbocycles. The molecule has 0 bridgehead atoms. The molecule has 0 aromatic rings. The summed E-state index contributed by atoms with van der Waals surface area (Å²) in [6.07, 6.45) is 4.67. The normalized spacial score (nSPS) is 23.8. The topological polar surface area (TPSA) is 86.5 Å². The van der Waals surface area contributed by atoms with E-state index in [1.807, 2.05) is 0 Å². The van der Waals surface area contributed by atoms with Gasteiger partial charge in [-0.25, -0.2) is 13.6 Å². The molecule has 0 heterocycles. The second-order valence-corrected chi connectivity index (χ2v) is 5.81. The molecule has 1 aliphatic carbocycles. The van der Waals surface area contributed by atoms with Gasteiger partial charge in [0.25, 0.3) is 0 Å². The number of primary sulfonamides is 1. The van der Waals surface area contributed by atoms with Crippen molar-refractivity contribution in [3.8, 4) is 0 Å². The van der Waals surface area contributed by atoms with Crippen LogP contribution in [-0.2, 0) is 19.6 Å². The van der Waals surface area contributed by atoms with Crippen LogP contribution >= 0.6 is 0 Å². The molecule has 5 nitrogen and oxygen atoms in total. The van der Waals surface area contributed by atoms with Gasteiger partial charge in [0.2, 0.25) is 10.0 Å². The molecule has 0 radical (unpaired) electrons. The van der Waals surface area contributed by atoms with Crippen molar-refractivity contribution in [1.82, 2.24) is 0 Å². The monoisotopic (exact) mass is 245 g/mol. The zero-order chi connectivity index (χ0) is 12.6. The zero-order valence-corrected chi connectivity index (χ0v) is 10.2. The van der Waals surface area contributed by atoms with Crippen LogP contribution in [0.1, 0.15) is 13.8 Å². The van der Waals surface area contributed by atoms with Crippen molar-refractivity contribution in [2.45, 2.75) is 13.8 Å². The highest BCUT2D eigenvalue weighted by Gasteiger charge is 2.42. The standard InChI is InChI=1S/C10H15NO4S/c1-10(2)6-4-5-7(16(11,13)14)8(10)9(12)15-3/h4-6,8H,1-3H3,(H2,11,13,14). The Morgan fingerprint density at radius 1 is 1.50 bits per heavy atom. The maximum atomic E-state index is 11.6. The molecule has 0 aliphatic heterocycles. The smallest absolute Gasteiger partial charge is 0.314 e. The molecule has 0 fully saturated rings. The van der Waals surface area contributed by atoms with Crippen LogP contribution in [0.4, 0.5) is 0 Å². The number of nitrogens with two attached hydrogens (primary N) is 1. The molecule has 1 atom stereocenters. The van der Waals surface area contributed by atoms with Crippen LogP contribution < -0.4 is 5.14 Å². The van der Waals surface area contributed by atoms with Crippen molar-refractivity contribution < 1.29 is 17.9 Å². The number of carbonyl (C=O) groups excluding carboxylic acids is 1. The number of methoxy groups -OCH3 is 1. The van der Waals surface area contributed by atoms with Crippen LogP contribution in [0.25, 0.3) is 0 Å². The van der Waals surface area contributed by atoms with Crippen molar-refractivity contribution >= 4 is 16.0 Å². The first kappa shape index (κ1) is 12.9. The summed E-state index contributed by atoms with van der Waals surface area (Å²) in [6.45, 7) is 3.51. The van der Waals surface area contributed by atoms with Crippen molar-refractivity contribution in [2.24, 2.45) is 16.5 Å². The molecule has 90 valence electrons. The molecule has 0 aromatic heterocycles. The van der Waals surface area contributed by atoms with Gasteiger partial charge in [0.15, 0.2) is 0 Å². The molecule has 6 heteroatoms. The van der Waals surface area contributed by atoms with E-state index in [1.54, 1.807) is 26.0 Å². The number of carbonyl (C=O) groups is 1. The second kappa shape index (κ2) is 4.03. The first-order chi connectivity index (χ1) is 7.20. The molecular formula is C10H15NO4S. The summed E-state index contributed by atoms with van der Waals surface area (Å²) in [5.41, 5.74) is -0.635. The van der Waals surface area contributed by atoms with Gasteiger partial charge in [-0.05, 0) is 6.08 Å². The molecule has 16 heavy (non-hydrogen) atoms. The lowest BCUT2D eigenvalue weighted by molar-refractivity contribution is -0.146. The van der Waals surface area contributed by atoms with E-state index in [1.165, 1.54) is 13.2 Å². The number of rotatable bonds is 2. The van der Waals surface area contributed by atoms with Gasteiger partial charge in [0.1, 0.15) is 5.92 Å². The zero-order valence-electron chi connectivity index (χ0n) is 9.43. The molecule has 1 aliphatic rings. The Morgan fingerprint density at radius 3 is 2.50 bits per heavy atom. The van der Waals surface area contributed by atoms with Crippen LogP contribution in [0.3, 0.4) is 0 Å². The molecule has 1 unspecified atom stereocenters. The highest BCUT2D eigenvalue weighted by Crippen LogP contribution is 2.39. The largest absolute Gasteiger partial charge is 0.469 e. The number of esters is 1. The van der Waals surface area contributed by atoms with Crippen LogP contribution in [0.2, 0.25) is 0 Å². The lowest BCUT2D eigenvalue weighted by atomic mass is 9.76. The van der Waals surface area contributed by atoms with E-state index in [9.17, 15) is 13.2 Å². The summed E-state index contributed by atoms with van der Waals surface area (Å²) in [4.78, 5) is 11.5. The number of hydrogen-bond donors (Lipinski definition) is 1. The summed E-state index contributed by atoms with van der Waals surface area (Å²) >= 11 is 0. The third kappa shape index (κ3) is 2.33. The Morgan fingerprint density at radius 2 is 2.06 bits per heavy atom. The third-order valence-corrected chi connectivity index (χ3v) is 3.61. The molecule has 0 saturated heterocycles. The van der Waals surface area contributed by atoms with Gasteiger partial charge in [0.05, 0.1) is 12.0 Å². The fraction of sp³-hybridized carbons (Fsp3) is 0.500. The number of hydrogen-bond acceptors (Lipinski definition) is 4. The van der Waals surface area contributed by atoms with E-state index < -0.39 is 27.3 Å². The van der Waals surface area contributed by atoms with Crippen LogP contribution in [0.15, 0.2) is 23.1 Å². The molecule has 2 N–H and O–H groups in total. The Labute approximate surface area is 95.0 Å². The van der Waals surface area contributed by atoms with Crippen LogP contribution in [-0.4, -0.2) is 21.5 Å². The summed E-state index contributed by atoms with van der Waals surface area (Å²) in [5, 5.41) is 5.08. The van der Waals surface area contributed by atoms with Crippen molar-refractivity contribution in [2.75, 3.05) is 7.11 Å². The Hall–Kier alpha value is -1.14. The van der Waals surface area contributed by atoms with Gasteiger partial charge in [-0.15, -0.1) is 0 Å². The minimum Gasteiger partial charge on any atom is -0.469 e. The fourth-order valence-electron chi connectivity index (χ4n) is 1.75. The molecular weight excluding hydrogens is 230 g/mol. The minimum absolute atomic E-state index is 0.105. The quantitative estimate of drug-likeness (QED) is 0.719. The lowest BCUT2D eigenvalue weighted by Gasteiger charge is -2.32. The van der Waals surface area contributed by atoms with Gasteiger partial charge >= 0.3 is 5.97 Å². The van der Waals surface area contributed by atoms with Crippen molar-refractivity contribution in [3.63, 3.8) is 0 Å². The lowest BCUT2D eigenvalue weighted by Crippen LogP contribution is -2.37. The molecule has 1 rings (SSSR count). The molecule has 0 amide bonds. The minimum atomic E-state index is -3.89. The number of ether oxygens (including phenoxy) is 1. The highest BCUT2D eigenvalue weighted by molar-refractivity contribution is 7.93. The predicted molar refractivity (Wildman–Crippen MR) is 59.6 cm³/mol. The van der Waals surface area contributed by atoms with Crippen molar-refractivity contribution in [3.05, 3.63) is 23.1 Å². The average molecular weight is 245 g/mol. The summed E-state index contributed by atoms with van der Waals surface area (Å²) in [7, 11) is -2.67. The van der Waals surface area contributed by atoms with E-state index in [0.717, 1.165) is 0 Å². The van der Waals surface area contributed by atoms with Crippen molar-refractivity contribution in [1.29, 1.82) is 0 Å². The van der Waals surface area contributed by atoms with Gasteiger partial charge in [-0.3, -0.25) is 4.79 Å². The highest BCUT2D eigenvalue weighted by atomic mass is 32.2. The maximum Gasteiger partial charge on any atom is 0.314 e. The van der Waals surface area contributed by atoms with Gasteiger partial charge in [-0.1, -0.05) is 26.0 Å². The van der Waals surface area contributed by atoms with Gasteiger partial charge < -0.3 is 4.74 Å². The predicted octanol–water partition coefficient (Wildman–Crippen LogP) is 0.544. The first-order valence-electron chi connectivity index (χ1n) is 4.70. The van der Waals surface area contributed by atoms with Crippen LogP contribution in [0.5, 0.6) is 0 Å². The average Bonchev–Trinajstić information content (AvgIpc) is 2.13. The Balaban J connectivity index is 3.31. The van der Waals surface area contributed by atoms with Crippen LogP contribution in [0, 0.1) is 11.3 Å².